The van der Waals surface area contributed by atoms with Crippen LogP contribution in [0.25, 0.3) is 11.4 Å². The van der Waals surface area contributed by atoms with Gasteiger partial charge in [-0.25, -0.2) is 9.97 Å². The molecule has 1 aromatic heterocycles. The van der Waals surface area contributed by atoms with E-state index < -0.39 is 0 Å². The summed E-state index contributed by atoms with van der Waals surface area (Å²) >= 11 is 6.39. The molecule has 0 aliphatic carbocycles. The molecule has 0 radical (unpaired) electrons. The lowest BCUT2D eigenvalue weighted by Gasteiger charge is -2.45. The van der Waals surface area contributed by atoms with Crippen LogP contribution < -0.4 is 9.80 Å². The van der Waals surface area contributed by atoms with Gasteiger partial charge in [0.15, 0.2) is 5.82 Å². The van der Waals surface area contributed by atoms with Gasteiger partial charge in [-0.15, -0.1) is 0 Å². The second-order valence-corrected chi connectivity index (χ2v) is 11.5. The number of aryl methyl sites for hydroxylation is 3. The quantitative estimate of drug-likeness (QED) is 0.403. The largest absolute Gasteiger partial charge is 0.381 e. The predicted molar refractivity (Wildman–Crippen MR) is 149 cm³/mol. The Hall–Kier alpha value is -2.63. The molecule has 5 rings (SSSR count). The number of hydrogen-bond donors (Lipinski definition) is 0. The third-order valence-corrected chi connectivity index (χ3v) is 8.21. The van der Waals surface area contributed by atoms with Crippen LogP contribution >= 0.6 is 11.6 Å². The highest BCUT2D eigenvalue weighted by molar-refractivity contribution is 6.30. The molecule has 36 heavy (non-hydrogen) atoms. The Morgan fingerprint density at radius 3 is 2.42 bits per heavy atom. The summed E-state index contributed by atoms with van der Waals surface area (Å²) < 4.78 is 5.85. The molecule has 190 valence electrons. The van der Waals surface area contributed by atoms with Crippen molar-refractivity contribution in [2.45, 2.75) is 60.1 Å². The molecule has 2 aliphatic heterocycles. The number of fused-ring (bicyclic) bond motifs is 1. The first-order chi connectivity index (χ1) is 17.2. The van der Waals surface area contributed by atoms with E-state index in [0.717, 1.165) is 61.2 Å². The van der Waals surface area contributed by atoms with Gasteiger partial charge in [-0.1, -0.05) is 49.7 Å². The van der Waals surface area contributed by atoms with Gasteiger partial charge in [0.05, 0.1) is 11.8 Å². The smallest absolute Gasteiger partial charge is 0.162 e. The number of methoxy groups -OCH3 is 1. The van der Waals surface area contributed by atoms with Crippen molar-refractivity contribution in [2.24, 2.45) is 5.41 Å². The highest BCUT2D eigenvalue weighted by atomic mass is 35.5. The van der Waals surface area contributed by atoms with Gasteiger partial charge in [0, 0.05) is 67.0 Å². The minimum atomic E-state index is 0.0292. The highest BCUT2D eigenvalue weighted by Gasteiger charge is 2.38. The molecular weight excluding hydrogens is 468 g/mol. The van der Waals surface area contributed by atoms with Crippen LogP contribution in [0.1, 0.15) is 48.2 Å². The van der Waals surface area contributed by atoms with Gasteiger partial charge in [0.25, 0.3) is 0 Å². The molecule has 1 fully saturated rings. The Morgan fingerprint density at radius 2 is 1.72 bits per heavy atom. The van der Waals surface area contributed by atoms with Crippen LogP contribution in [0.5, 0.6) is 0 Å². The molecule has 0 spiro atoms. The van der Waals surface area contributed by atoms with Crippen molar-refractivity contribution in [1.29, 1.82) is 0 Å². The molecule has 1 atom stereocenters. The second kappa shape index (κ2) is 9.68. The van der Waals surface area contributed by atoms with Crippen molar-refractivity contribution in [1.82, 2.24) is 9.97 Å². The number of aromatic nitrogens is 2. The SMILES string of the molecule is COC1CCN(c2nc(-c3c(C)cccc3C)nc3c2CN(c2cc(Cl)ccc2C)CC3)CC1(C)C. The molecule has 0 saturated carbocycles. The van der Waals surface area contributed by atoms with Crippen LogP contribution in [-0.2, 0) is 17.7 Å². The standard InChI is InChI=1S/C30H37ClN4O/c1-19-10-11-22(31)16-25(19)34-14-12-24-23(17-34)29(35-15-13-26(36-6)30(4,5)18-35)33-28(32-24)27-20(2)8-7-9-21(27)3/h7-11,16,26H,12-15,17-18H2,1-6H3. The summed E-state index contributed by atoms with van der Waals surface area (Å²) in [6.07, 6.45) is 2.11. The molecule has 3 heterocycles. The molecule has 3 aromatic rings. The van der Waals surface area contributed by atoms with Crippen molar-refractivity contribution in [3.05, 3.63) is 69.4 Å². The van der Waals surface area contributed by atoms with E-state index in [2.05, 4.69) is 74.8 Å². The number of ether oxygens (including phenoxy) is 1. The lowest BCUT2D eigenvalue weighted by molar-refractivity contribution is -0.00647. The molecule has 5 nitrogen and oxygen atoms in total. The van der Waals surface area contributed by atoms with Crippen molar-refractivity contribution in [2.75, 3.05) is 36.5 Å². The third-order valence-electron chi connectivity index (χ3n) is 7.97. The van der Waals surface area contributed by atoms with Gasteiger partial charge in [0.2, 0.25) is 0 Å². The summed E-state index contributed by atoms with van der Waals surface area (Å²) in [7, 11) is 1.83. The van der Waals surface area contributed by atoms with Gasteiger partial charge >= 0.3 is 0 Å². The van der Waals surface area contributed by atoms with Crippen molar-refractivity contribution in [3.8, 4) is 11.4 Å². The van der Waals surface area contributed by atoms with Crippen molar-refractivity contribution in [3.63, 3.8) is 0 Å². The number of halogens is 1. The van der Waals surface area contributed by atoms with E-state index in [-0.39, 0.29) is 11.5 Å². The van der Waals surface area contributed by atoms with Crippen LogP contribution in [0, 0.1) is 26.2 Å². The fraction of sp³-hybridized carbons (Fsp3) is 0.467. The molecule has 0 amide bonds. The van der Waals surface area contributed by atoms with Crippen LogP contribution in [0.15, 0.2) is 36.4 Å². The van der Waals surface area contributed by atoms with Crippen molar-refractivity contribution < 1.29 is 4.74 Å². The Morgan fingerprint density at radius 1 is 0.972 bits per heavy atom. The lowest BCUT2D eigenvalue weighted by Crippen LogP contribution is -2.50. The first-order valence-corrected chi connectivity index (χ1v) is 13.3. The zero-order valence-corrected chi connectivity index (χ0v) is 23.1. The number of piperidine rings is 1. The molecule has 0 bridgehead atoms. The maximum Gasteiger partial charge on any atom is 0.162 e. The molecular formula is C30H37ClN4O. The molecule has 0 N–H and O–H groups in total. The predicted octanol–water partition coefficient (Wildman–Crippen LogP) is 6.54. The van der Waals surface area contributed by atoms with E-state index in [4.69, 9.17) is 26.3 Å². The van der Waals surface area contributed by atoms with Gasteiger partial charge in [-0.05, 0) is 56.0 Å². The molecule has 2 aliphatic rings. The summed E-state index contributed by atoms with van der Waals surface area (Å²) in [5.74, 6) is 1.92. The van der Waals surface area contributed by atoms with E-state index in [1.807, 2.05) is 13.2 Å². The zero-order chi connectivity index (χ0) is 25.6. The fourth-order valence-electron chi connectivity index (χ4n) is 6.02. The number of benzene rings is 2. The lowest BCUT2D eigenvalue weighted by atomic mass is 9.81. The van der Waals surface area contributed by atoms with Crippen LogP contribution in [0.4, 0.5) is 11.5 Å². The molecule has 1 unspecified atom stereocenters. The van der Waals surface area contributed by atoms with Crippen LogP contribution in [0.2, 0.25) is 5.02 Å². The molecule has 6 heteroatoms. The summed E-state index contributed by atoms with van der Waals surface area (Å²) in [6.45, 7) is 14.6. The number of hydrogen-bond acceptors (Lipinski definition) is 5. The van der Waals surface area contributed by atoms with Crippen molar-refractivity contribution >= 4 is 23.1 Å². The minimum Gasteiger partial charge on any atom is -0.381 e. The van der Waals surface area contributed by atoms with Gasteiger partial charge in [0.1, 0.15) is 5.82 Å². The Kier molecular flexibility index (Phi) is 6.73. The summed E-state index contributed by atoms with van der Waals surface area (Å²) in [6, 6.07) is 12.6. The van der Waals surface area contributed by atoms with Gasteiger partial charge < -0.3 is 14.5 Å². The van der Waals surface area contributed by atoms with E-state index in [0.29, 0.717) is 0 Å². The fourth-order valence-corrected chi connectivity index (χ4v) is 6.19. The van der Waals surface area contributed by atoms with E-state index in [1.54, 1.807) is 0 Å². The highest BCUT2D eigenvalue weighted by Crippen LogP contribution is 2.39. The van der Waals surface area contributed by atoms with E-state index in [1.165, 1.54) is 33.6 Å². The maximum absolute atomic E-state index is 6.39. The Labute approximate surface area is 220 Å². The van der Waals surface area contributed by atoms with E-state index in [9.17, 15) is 0 Å². The average molecular weight is 505 g/mol. The monoisotopic (exact) mass is 504 g/mol. The van der Waals surface area contributed by atoms with Crippen LogP contribution in [-0.4, -0.2) is 42.8 Å². The third kappa shape index (κ3) is 4.59. The normalized spacial score (nSPS) is 19.4. The number of nitrogens with zero attached hydrogens (tertiary/aromatic N) is 4. The molecule has 2 aromatic carbocycles. The topological polar surface area (TPSA) is 41.5 Å². The average Bonchev–Trinajstić information content (AvgIpc) is 2.84. The first-order valence-electron chi connectivity index (χ1n) is 12.9. The Bertz CT molecular complexity index is 1270. The van der Waals surface area contributed by atoms with Gasteiger partial charge in [-0.2, -0.15) is 0 Å². The number of rotatable bonds is 4. The van der Waals surface area contributed by atoms with Crippen LogP contribution in [0.3, 0.4) is 0 Å². The van der Waals surface area contributed by atoms with E-state index >= 15 is 0 Å². The number of anilines is 2. The first kappa shape index (κ1) is 25.0. The zero-order valence-electron chi connectivity index (χ0n) is 22.4. The summed E-state index contributed by atoms with van der Waals surface area (Å²) in [5, 5.41) is 0.770. The summed E-state index contributed by atoms with van der Waals surface area (Å²) in [5.41, 5.74) is 8.44. The second-order valence-electron chi connectivity index (χ2n) is 11.1. The Balaban J connectivity index is 1.62. The van der Waals surface area contributed by atoms with Gasteiger partial charge in [-0.3, -0.25) is 0 Å². The summed E-state index contributed by atoms with van der Waals surface area (Å²) in [4.78, 5) is 15.4. The maximum atomic E-state index is 6.39. The minimum absolute atomic E-state index is 0.0292. The molecule has 1 saturated heterocycles.